The summed E-state index contributed by atoms with van der Waals surface area (Å²) in [5.74, 6) is -0.166. The average molecular weight is 279 g/mol. The topological polar surface area (TPSA) is 59.0 Å². The first-order chi connectivity index (χ1) is 9.61. The van der Waals surface area contributed by atoms with Crippen LogP contribution in [0.3, 0.4) is 0 Å². The molecule has 0 amide bonds. The van der Waals surface area contributed by atoms with Crippen LogP contribution in [0.2, 0.25) is 0 Å². The van der Waals surface area contributed by atoms with Crippen LogP contribution in [0, 0.1) is 0 Å². The Labute approximate surface area is 119 Å². The van der Waals surface area contributed by atoms with Crippen LogP contribution in [0.5, 0.6) is 5.75 Å². The van der Waals surface area contributed by atoms with E-state index in [1.165, 1.54) is 0 Å². The van der Waals surface area contributed by atoms with E-state index in [-0.39, 0.29) is 6.10 Å². The third-order valence-corrected chi connectivity index (χ3v) is 3.49. The quantitative estimate of drug-likeness (QED) is 0.912. The molecule has 1 N–H and O–H groups in total. The molecule has 0 saturated carbocycles. The lowest BCUT2D eigenvalue weighted by Crippen LogP contribution is -2.38. The van der Waals surface area contributed by atoms with Crippen molar-refractivity contribution in [1.82, 2.24) is 4.90 Å². The van der Waals surface area contributed by atoms with E-state index < -0.39 is 12.0 Å². The fourth-order valence-electron chi connectivity index (χ4n) is 2.58. The van der Waals surface area contributed by atoms with Crippen molar-refractivity contribution in [2.45, 2.75) is 25.5 Å². The lowest BCUT2D eigenvalue weighted by molar-refractivity contribution is -0.143. The minimum atomic E-state index is -0.840. The number of ether oxygens (including phenoxy) is 2. The highest BCUT2D eigenvalue weighted by atomic mass is 16.5. The molecule has 2 atom stereocenters. The van der Waals surface area contributed by atoms with Crippen LogP contribution < -0.4 is 4.74 Å². The second-order valence-electron chi connectivity index (χ2n) is 5.05. The van der Waals surface area contributed by atoms with Crippen LogP contribution in [0.15, 0.2) is 24.3 Å². The zero-order valence-electron chi connectivity index (χ0n) is 11.9. The highest BCUT2D eigenvalue weighted by molar-refractivity contribution is 5.75. The van der Waals surface area contributed by atoms with Crippen molar-refractivity contribution in [3.63, 3.8) is 0 Å². The van der Waals surface area contributed by atoms with Gasteiger partial charge in [-0.15, -0.1) is 0 Å². The summed E-state index contributed by atoms with van der Waals surface area (Å²) in [6.07, 6.45) is 0.892. The Kier molecular flexibility index (Phi) is 4.98. The number of rotatable bonds is 4. The van der Waals surface area contributed by atoms with E-state index in [4.69, 9.17) is 9.47 Å². The molecular weight excluding hydrogens is 258 g/mol. The SMILES string of the molecule is COc1cccc(C(C(=O)O)N2CCCOC(C)C2)c1. The summed E-state index contributed by atoms with van der Waals surface area (Å²) in [7, 11) is 1.58. The van der Waals surface area contributed by atoms with Gasteiger partial charge in [0.1, 0.15) is 11.8 Å². The van der Waals surface area contributed by atoms with Crippen LogP contribution in [0.25, 0.3) is 0 Å². The van der Waals surface area contributed by atoms with Gasteiger partial charge in [-0.2, -0.15) is 0 Å². The average Bonchev–Trinajstić information content (AvgIpc) is 2.63. The first-order valence-electron chi connectivity index (χ1n) is 6.84. The monoisotopic (exact) mass is 279 g/mol. The number of hydrogen-bond donors (Lipinski definition) is 1. The number of carboxylic acid groups (broad SMARTS) is 1. The molecule has 5 nitrogen and oxygen atoms in total. The molecule has 5 heteroatoms. The predicted molar refractivity (Wildman–Crippen MR) is 75.0 cm³/mol. The Balaban J connectivity index is 2.27. The van der Waals surface area contributed by atoms with Crippen molar-refractivity contribution in [1.29, 1.82) is 0 Å². The number of carboxylic acids is 1. The molecule has 1 heterocycles. The van der Waals surface area contributed by atoms with Gasteiger partial charge in [0.2, 0.25) is 0 Å². The summed E-state index contributed by atoms with van der Waals surface area (Å²) < 4.78 is 10.8. The van der Waals surface area contributed by atoms with Gasteiger partial charge in [0.15, 0.2) is 0 Å². The molecule has 0 aromatic heterocycles. The van der Waals surface area contributed by atoms with Crippen LogP contribution >= 0.6 is 0 Å². The number of methoxy groups -OCH3 is 1. The first kappa shape index (κ1) is 14.8. The number of aliphatic carboxylic acids is 1. The van der Waals surface area contributed by atoms with Crippen molar-refractivity contribution < 1.29 is 19.4 Å². The molecule has 110 valence electrons. The number of benzene rings is 1. The number of hydrogen-bond acceptors (Lipinski definition) is 4. The molecule has 0 aliphatic carbocycles. The lowest BCUT2D eigenvalue weighted by atomic mass is 10.0. The molecule has 0 radical (unpaired) electrons. The second-order valence-corrected chi connectivity index (χ2v) is 5.05. The Morgan fingerprint density at radius 2 is 2.35 bits per heavy atom. The maximum atomic E-state index is 11.7. The van der Waals surface area contributed by atoms with Gasteiger partial charge in [0.05, 0.1) is 13.2 Å². The zero-order valence-corrected chi connectivity index (χ0v) is 11.9. The lowest BCUT2D eigenvalue weighted by Gasteiger charge is -2.28. The van der Waals surface area contributed by atoms with Crippen LogP contribution in [-0.2, 0) is 9.53 Å². The van der Waals surface area contributed by atoms with E-state index in [2.05, 4.69) is 0 Å². The van der Waals surface area contributed by atoms with Crippen molar-refractivity contribution in [2.75, 3.05) is 26.8 Å². The minimum Gasteiger partial charge on any atom is -0.497 e. The van der Waals surface area contributed by atoms with E-state index >= 15 is 0 Å². The number of nitrogens with zero attached hydrogens (tertiary/aromatic N) is 1. The van der Waals surface area contributed by atoms with Gasteiger partial charge < -0.3 is 14.6 Å². The molecule has 20 heavy (non-hydrogen) atoms. The van der Waals surface area contributed by atoms with Gasteiger partial charge in [-0.05, 0) is 31.0 Å². The van der Waals surface area contributed by atoms with Crippen molar-refractivity contribution in [3.8, 4) is 5.75 Å². The van der Waals surface area contributed by atoms with E-state index in [0.29, 0.717) is 18.9 Å². The maximum absolute atomic E-state index is 11.7. The summed E-state index contributed by atoms with van der Waals surface area (Å²) in [6, 6.07) is 6.60. The Morgan fingerprint density at radius 1 is 1.55 bits per heavy atom. The number of carbonyl (C=O) groups is 1. The summed E-state index contributed by atoms with van der Waals surface area (Å²) >= 11 is 0. The molecule has 1 fully saturated rings. The van der Waals surface area contributed by atoms with Gasteiger partial charge in [0.25, 0.3) is 0 Å². The maximum Gasteiger partial charge on any atom is 0.325 e. The van der Waals surface area contributed by atoms with Crippen molar-refractivity contribution in [3.05, 3.63) is 29.8 Å². The third kappa shape index (κ3) is 3.49. The minimum absolute atomic E-state index is 0.0463. The van der Waals surface area contributed by atoms with E-state index in [1.54, 1.807) is 13.2 Å². The van der Waals surface area contributed by atoms with Gasteiger partial charge in [-0.3, -0.25) is 9.69 Å². The fourth-order valence-corrected chi connectivity index (χ4v) is 2.58. The predicted octanol–water partition coefficient (Wildman–Crippen LogP) is 1.93. The van der Waals surface area contributed by atoms with Crippen molar-refractivity contribution in [2.24, 2.45) is 0 Å². The first-order valence-corrected chi connectivity index (χ1v) is 6.84. The summed E-state index contributed by atoms with van der Waals surface area (Å²) in [5.41, 5.74) is 0.742. The van der Waals surface area contributed by atoms with E-state index in [9.17, 15) is 9.90 Å². The summed E-state index contributed by atoms with van der Waals surface area (Å²) in [6.45, 7) is 4.00. The molecule has 2 rings (SSSR count). The highest BCUT2D eigenvalue weighted by Gasteiger charge is 2.30. The van der Waals surface area contributed by atoms with Crippen LogP contribution in [-0.4, -0.2) is 48.9 Å². The third-order valence-electron chi connectivity index (χ3n) is 3.49. The zero-order chi connectivity index (χ0) is 14.5. The molecule has 1 saturated heterocycles. The molecule has 1 aromatic carbocycles. The van der Waals surface area contributed by atoms with E-state index in [0.717, 1.165) is 18.5 Å². The summed E-state index contributed by atoms with van der Waals surface area (Å²) in [4.78, 5) is 13.7. The van der Waals surface area contributed by atoms with E-state index in [1.807, 2.05) is 30.0 Å². The van der Waals surface area contributed by atoms with Crippen LogP contribution in [0.1, 0.15) is 24.9 Å². The molecular formula is C15H21NO4. The molecule has 1 aliphatic rings. The van der Waals surface area contributed by atoms with Crippen molar-refractivity contribution >= 4 is 5.97 Å². The molecule has 2 unspecified atom stereocenters. The van der Waals surface area contributed by atoms with Gasteiger partial charge in [0, 0.05) is 19.7 Å². The smallest absolute Gasteiger partial charge is 0.325 e. The van der Waals surface area contributed by atoms with Crippen LogP contribution in [0.4, 0.5) is 0 Å². The molecule has 1 aromatic rings. The standard InChI is InChI=1S/C15H21NO4/c1-11-10-16(7-4-8-20-11)14(15(17)18)12-5-3-6-13(9-12)19-2/h3,5-6,9,11,14H,4,7-8,10H2,1-2H3,(H,17,18). The van der Waals surface area contributed by atoms with Gasteiger partial charge in [-0.25, -0.2) is 0 Å². The Bertz CT molecular complexity index is 463. The molecule has 1 aliphatic heterocycles. The summed E-state index contributed by atoms with van der Waals surface area (Å²) in [5, 5.41) is 9.60. The molecule has 0 spiro atoms. The molecule has 0 bridgehead atoms. The Hall–Kier alpha value is -1.59. The largest absolute Gasteiger partial charge is 0.497 e. The highest BCUT2D eigenvalue weighted by Crippen LogP contribution is 2.26. The van der Waals surface area contributed by atoms with Gasteiger partial charge in [-0.1, -0.05) is 12.1 Å². The fraction of sp³-hybridized carbons (Fsp3) is 0.533. The second kappa shape index (κ2) is 6.72. The van der Waals surface area contributed by atoms with Gasteiger partial charge >= 0.3 is 5.97 Å². The normalized spacial score (nSPS) is 22.0. The Morgan fingerprint density at radius 3 is 3.05 bits per heavy atom.